The highest BCUT2D eigenvalue weighted by molar-refractivity contribution is 7.80. The number of hydrogen-bond donors (Lipinski definition) is 4. The van der Waals surface area contributed by atoms with Crippen LogP contribution in [-0.2, 0) is 4.57 Å². The molecule has 0 fully saturated rings. The van der Waals surface area contributed by atoms with Gasteiger partial charge in [-0.25, -0.2) is 4.57 Å². The van der Waals surface area contributed by atoms with Gasteiger partial charge < -0.3 is 14.7 Å². The first-order valence-corrected chi connectivity index (χ1v) is 8.50. The highest BCUT2D eigenvalue weighted by Crippen LogP contribution is 2.25. The van der Waals surface area contributed by atoms with Gasteiger partial charge in [-0.2, -0.15) is 12.6 Å². The zero-order valence-corrected chi connectivity index (χ0v) is 12.5. The van der Waals surface area contributed by atoms with Crippen LogP contribution in [0.2, 0.25) is 0 Å². The summed E-state index contributed by atoms with van der Waals surface area (Å²) >= 11 is 4.19. The summed E-state index contributed by atoms with van der Waals surface area (Å²) in [5.74, 6) is 1.07. The van der Waals surface area contributed by atoms with Crippen LogP contribution in [0.4, 0.5) is 0 Å². The zero-order valence-electron chi connectivity index (χ0n) is 10.7. The Morgan fingerprint density at radius 1 is 0.824 bits per heavy atom. The van der Waals surface area contributed by atoms with Crippen molar-refractivity contribution in [3.8, 4) is 0 Å². The molecule has 0 aliphatic rings. The summed E-state index contributed by atoms with van der Waals surface area (Å²) in [5.41, 5.74) is 0. The lowest BCUT2D eigenvalue weighted by atomic mass is 10.1. The monoisotopic (exact) mass is 286 g/mol. The molecule has 0 amide bonds. The van der Waals surface area contributed by atoms with Crippen molar-refractivity contribution in [1.29, 1.82) is 0 Å². The highest BCUT2D eigenvalue weighted by atomic mass is 32.1. The third-order valence-corrected chi connectivity index (χ3v) is 2.58. The van der Waals surface area contributed by atoms with Crippen molar-refractivity contribution in [3.05, 3.63) is 0 Å². The lowest BCUT2D eigenvalue weighted by molar-refractivity contribution is 0.275. The van der Waals surface area contributed by atoms with Gasteiger partial charge in [-0.3, -0.25) is 0 Å². The first-order chi connectivity index (χ1) is 7.91. The molecule has 17 heavy (non-hydrogen) atoms. The maximum Gasteiger partial charge on any atom is 0.466 e. The van der Waals surface area contributed by atoms with Gasteiger partial charge in [0.2, 0.25) is 0 Å². The topological polar surface area (TPSA) is 77.8 Å². The van der Waals surface area contributed by atoms with E-state index in [9.17, 15) is 0 Å². The summed E-state index contributed by atoms with van der Waals surface area (Å²) in [4.78, 5) is 21.6. The second kappa shape index (κ2) is 14.5. The van der Waals surface area contributed by atoms with E-state index in [0.717, 1.165) is 5.75 Å². The normalized spacial score (nSPS) is 10.9. The van der Waals surface area contributed by atoms with E-state index < -0.39 is 7.82 Å². The van der Waals surface area contributed by atoms with Crippen molar-refractivity contribution in [3.63, 3.8) is 0 Å². The molecule has 0 aliphatic carbocycles. The SMILES string of the molecule is CCCCCCCCCCCS.O=P(O)(O)O. The molecular weight excluding hydrogens is 259 g/mol. The van der Waals surface area contributed by atoms with Crippen LogP contribution in [0, 0.1) is 0 Å². The van der Waals surface area contributed by atoms with Crippen LogP contribution in [-0.4, -0.2) is 20.4 Å². The average molecular weight is 286 g/mol. The number of hydrogen-bond acceptors (Lipinski definition) is 2. The first-order valence-electron chi connectivity index (χ1n) is 6.31. The Kier molecular flexibility index (Phi) is 16.9. The van der Waals surface area contributed by atoms with E-state index in [1.807, 2.05) is 0 Å². The number of thiol groups is 1. The smallest absolute Gasteiger partial charge is 0.303 e. The van der Waals surface area contributed by atoms with Crippen molar-refractivity contribution in [2.45, 2.75) is 64.7 Å². The van der Waals surface area contributed by atoms with Crippen LogP contribution in [0.5, 0.6) is 0 Å². The molecule has 0 radical (unpaired) electrons. The molecule has 0 saturated heterocycles. The van der Waals surface area contributed by atoms with E-state index >= 15 is 0 Å². The fraction of sp³-hybridized carbons (Fsp3) is 1.00. The summed E-state index contributed by atoms with van der Waals surface area (Å²) in [7, 11) is -4.64. The Morgan fingerprint density at radius 2 is 1.12 bits per heavy atom. The van der Waals surface area contributed by atoms with Gasteiger partial charge in [-0.05, 0) is 12.2 Å². The molecule has 0 aromatic carbocycles. The zero-order chi connectivity index (χ0) is 13.6. The largest absolute Gasteiger partial charge is 0.466 e. The number of unbranched alkanes of at least 4 members (excludes halogenated alkanes) is 8. The van der Waals surface area contributed by atoms with Crippen LogP contribution in [0.25, 0.3) is 0 Å². The summed E-state index contributed by atoms with van der Waals surface area (Å²) in [6, 6.07) is 0. The van der Waals surface area contributed by atoms with Crippen molar-refractivity contribution in [2.24, 2.45) is 0 Å². The quantitative estimate of drug-likeness (QED) is 0.297. The molecule has 0 aromatic rings. The minimum atomic E-state index is -4.64. The molecule has 0 saturated carbocycles. The Labute approximate surface area is 110 Å². The molecule has 0 heterocycles. The van der Waals surface area contributed by atoms with Crippen LogP contribution in [0.3, 0.4) is 0 Å². The fourth-order valence-corrected chi connectivity index (χ4v) is 1.65. The van der Waals surface area contributed by atoms with Crippen LogP contribution >= 0.6 is 20.5 Å². The molecule has 4 nitrogen and oxygen atoms in total. The van der Waals surface area contributed by atoms with Gasteiger partial charge >= 0.3 is 7.82 Å². The molecule has 106 valence electrons. The van der Waals surface area contributed by atoms with E-state index in [2.05, 4.69) is 19.6 Å². The van der Waals surface area contributed by atoms with E-state index in [1.165, 1.54) is 57.8 Å². The fourth-order valence-electron chi connectivity index (χ4n) is 1.42. The van der Waals surface area contributed by atoms with Crippen molar-refractivity contribution < 1.29 is 19.2 Å². The maximum absolute atomic E-state index is 8.88. The van der Waals surface area contributed by atoms with Crippen LogP contribution in [0.1, 0.15) is 64.7 Å². The number of rotatable bonds is 9. The van der Waals surface area contributed by atoms with Gasteiger partial charge in [0.1, 0.15) is 0 Å². The Morgan fingerprint density at radius 3 is 1.41 bits per heavy atom. The van der Waals surface area contributed by atoms with Gasteiger partial charge in [-0.1, -0.05) is 58.3 Å². The molecule has 0 unspecified atom stereocenters. The van der Waals surface area contributed by atoms with Crippen molar-refractivity contribution in [2.75, 3.05) is 5.75 Å². The molecule has 0 rings (SSSR count). The molecule has 0 aromatic heterocycles. The summed E-state index contributed by atoms with van der Waals surface area (Å²) in [5, 5.41) is 0. The Hall–Kier alpha value is 0.460. The molecule has 0 bridgehead atoms. The summed E-state index contributed by atoms with van der Waals surface area (Å²) in [6.07, 6.45) is 12.7. The molecule has 6 heteroatoms. The minimum Gasteiger partial charge on any atom is -0.303 e. The minimum absolute atomic E-state index is 1.07. The van der Waals surface area contributed by atoms with Gasteiger partial charge in [-0.15, -0.1) is 0 Å². The molecule has 0 spiro atoms. The summed E-state index contributed by atoms with van der Waals surface area (Å²) < 4.78 is 8.88. The lowest BCUT2D eigenvalue weighted by Gasteiger charge is -1.99. The summed E-state index contributed by atoms with van der Waals surface area (Å²) in [6.45, 7) is 2.27. The van der Waals surface area contributed by atoms with E-state index in [4.69, 9.17) is 19.2 Å². The Balaban J connectivity index is 0. The molecular formula is C11H27O4PS. The van der Waals surface area contributed by atoms with E-state index in [1.54, 1.807) is 0 Å². The number of phosphoric acid groups is 1. The Bertz CT molecular complexity index is 166. The second-order valence-corrected chi connectivity index (χ2v) is 5.54. The van der Waals surface area contributed by atoms with Crippen LogP contribution in [0.15, 0.2) is 0 Å². The predicted octanol–water partition coefficient (Wildman–Crippen LogP) is 3.52. The second-order valence-electron chi connectivity index (χ2n) is 4.07. The van der Waals surface area contributed by atoms with Gasteiger partial charge in [0.15, 0.2) is 0 Å². The van der Waals surface area contributed by atoms with E-state index in [-0.39, 0.29) is 0 Å². The van der Waals surface area contributed by atoms with Gasteiger partial charge in [0.25, 0.3) is 0 Å². The predicted molar refractivity (Wildman–Crippen MR) is 75.3 cm³/mol. The third-order valence-electron chi connectivity index (χ3n) is 2.26. The van der Waals surface area contributed by atoms with Crippen molar-refractivity contribution >= 4 is 20.5 Å². The molecule has 0 aliphatic heterocycles. The molecule has 0 atom stereocenters. The standard InChI is InChI=1S/C11H24S.H3O4P/c1-2-3-4-5-6-7-8-9-10-11-12;1-5(2,3)4/h12H,2-11H2,1H3;(H3,1,2,3,4). The van der Waals surface area contributed by atoms with Crippen molar-refractivity contribution in [1.82, 2.24) is 0 Å². The first kappa shape index (κ1) is 19.8. The highest BCUT2D eigenvalue weighted by Gasteiger charge is 2.00. The molecule has 3 N–H and O–H groups in total. The average Bonchev–Trinajstić information content (AvgIpc) is 2.20. The van der Waals surface area contributed by atoms with Crippen LogP contribution < -0.4 is 0 Å². The third kappa shape index (κ3) is 38.5. The van der Waals surface area contributed by atoms with Gasteiger partial charge in [0.05, 0.1) is 0 Å². The van der Waals surface area contributed by atoms with Gasteiger partial charge in [0, 0.05) is 0 Å². The van der Waals surface area contributed by atoms with E-state index in [0.29, 0.717) is 0 Å². The maximum atomic E-state index is 8.88. The lowest BCUT2D eigenvalue weighted by Crippen LogP contribution is -1.81.